The van der Waals surface area contributed by atoms with Gasteiger partial charge < -0.3 is 14.8 Å². The van der Waals surface area contributed by atoms with Crippen LogP contribution < -0.4 is 14.8 Å². The second-order valence-corrected chi connectivity index (χ2v) is 7.22. The Balaban J connectivity index is 2.00. The summed E-state index contributed by atoms with van der Waals surface area (Å²) >= 11 is 0. The molecular weight excluding hydrogens is 356 g/mol. The maximum absolute atomic E-state index is 12.3. The molecule has 0 radical (unpaired) electrons. The van der Waals surface area contributed by atoms with Gasteiger partial charge in [0.1, 0.15) is 5.75 Å². The van der Waals surface area contributed by atoms with Crippen LogP contribution in [-0.2, 0) is 14.8 Å². The summed E-state index contributed by atoms with van der Waals surface area (Å²) in [5, 5.41) is 2.74. The van der Waals surface area contributed by atoms with Crippen molar-refractivity contribution in [3.8, 4) is 5.75 Å². The summed E-state index contributed by atoms with van der Waals surface area (Å²) in [6.45, 7) is 0.767. The minimum Gasteiger partial charge on any atom is -0.497 e. The van der Waals surface area contributed by atoms with Gasteiger partial charge in [0.25, 0.3) is 5.91 Å². The average Bonchev–Trinajstić information content (AvgIpc) is 2.66. The van der Waals surface area contributed by atoms with Crippen LogP contribution >= 0.6 is 0 Å². The first-order chi connectivity index (χ1) is 12.5. The molecule has 7 nitrogen and oxygen atoms in total. The molecule has 0 atom stereocenters. The molecule has 2 N–H and O–H groups in total. The van der Waals surface area contributed by atoms with Crippen LogP contribution in [0.5, 0.6) is 5.75 Å². The molecule has 1 amide bonds. The fourth-order valence-electron chi connectivity index (χ4n) is 2.17. The van der Waals surface area contributed by atoms with E-state index in [2.05, 4.69) is 10.0 Å². The number of ether oxygens (including phenoxy) is 2. The first kappa shape index (κ1) is 19.9. The van der Waals surface area contributed by atoms with E-state index < -0.39 is 10.0 Å². The molecule has 0 saturated heterocycles. The molecule has 0 saturated carbocycles. The van der Waals surface area contributed by atoms with E-state index in [4.69, 9.17) is 9.47 Å². The minimum absolute atomic E-state index is 0.107. The SMILES string of the molecule is COCCCNS(=O)(=O)c1ccc(C(=O)Nc2ccc(OC)cc2)cc1. The molecule has 0 spiro atoms. The number of methoxy groups -OCH3 is 2. The summed E-state index contributed by atoms with van der Waals surface area (Å²) in [5.41, 5.74) is 0.978. The summed E-state index contributed by atoms with van der Waals surface area (Å²) in [5.74, 6) is 0.364. The van der Waals surface area contributed by atoms with E-state index in [-0.39, 0.29) is 17.3 Å². The van der Waals surface area contributed by atoms with Gasteiger partial charge in [0.2, 0.25) is 10.0 Å². The molecule has 0 heterocycles. The summed E-state index contributed by atoms with van der Waals surface area (Å²) in [7, 11) is -0.476. The molecular formula is C18H22N2O5S. The molecule has 2 aromatic rings. The fraction of sp³-hybridized carbons (Fsp3) is 0.278. The number of hydrogen-bond donors (Lipinski definition) is 2. The van der Waals surface area contributed by atoms with E-state index in [1.807, 2.05) is 0 Å². The van der Waals surface area contributed by atoms with E-state index in [1.54, 1.807) is 38.5 Å². The zero-order chi connectivity index (χ0) is 19.0. The van der Waals surface area contributed by atoms with Crippen LogP contribution in [0.2, 0.25) is 0 Å². The van der Waals surface area contributed by atoms with Gasteiger partial charge in [-0.3, -0.25) is 4.79 Å². The molecule has 0 unspecified atom stereocenters. The third-order valence-electron chi connectivity index (χ3n) is 3.59. The van der Waals surface area contributed by atoms with Crippen molar-refractivity contribution >= 4 is 21.6 Å². The monoisotopic (exact) mass is 378 g/mol. The zero-order valence-electron chi connectivity index (χ0n) is 14.7. The Morgan fingerprint density at radius 2 is 1.65 bits per heavy atom. The van der Waals surface area contributed by atoms with Gasteiger partial charge in [-0.2, -0.15) is 0 Å². The topological polar surface area (TPSA) is 93.7 Å². The second kappa shape index (κ2) is 9.33. The van der Waals surface area contributed by atoms with Gasteiger partial charge >= 0.3 is 0 Å². The second-order valence-electron chi connectivity index (χ2n) is 5.45. The lowest BCUT2D eigenvalue weighted by atomic mass is 10.2. The summed E-state index contributed by atoms with van der Waals surface area (Å²) in [6.07, 6.45) is 0.581. The number of anilines is 1. The lowest BCUT2D eigenvalue weighted by Gasteiger charge is -2.09. The Hall–Kier alpha value is -2.42. The summed E-state index contributed by atoms with van der Waals surface area (Å²) < 4.78 is 36.8. The van der Waals surface area contributed by atoms with Crippen LogP contribution in [0.1, 0.15) is 16.8 Å². The molecule has 0 aliphatic heterocycles. The van der Waals surface area contributed by atoms with Crippen molar-refractivity contribution in [2.24, 2.45) is 0 Å². The molecule has 26 heavy (non-hydrogen) atoms. The van der Waals surface area contributed by atoms with Crippen molar-refractivity contribution in [2.45, 2.75) is 11.3 Å². The van der Waals surface area contributed by atoms with Crippen molar-refractivity contribution in [1.29, 1.82) is 0 Å². The van der Waals surface area contributed by atoms with E-state index in [9.17, 15) is 13.2 Å². The van der Waals surface area contributed by atoms with Crippen LogP contribution in [0.3, 0.4) is 0 Å². The molecule has 0 aromatic heterocycles. The molecule has 140 valence electrons. The Bertz CT molecular complexity index is 818. The predicted octanol–water partition coefficient (Wildman–Crippen LogP) is 2.26. The number of sulfonamides is 1. The van der Waals surface area contributed by atoms with E-state index in [1.165, 1.54) is 24.3 Å². The number of carbonyl (C=O) groups is 1. The van der Waals surface area contributed by atoms with E-state index in [0.717, 1.165) is 0 Å². The first-order valence-corrected chi connectivity index (χ1v) is 9.48. The molecule has 0 bridgehead atoms. The largest absolute Gasteiger partial charge is 0.497 e. The molecule has 2 aromatic carbocycles. The highest BCUT2D eigenvalue weighted by Crippen LogP contribution is 2.17. The highest BCUT2D eigenvalue weighted by Gasteiger charge is 2.14. The third kappa shape index (κ3) is 5.55. The van der Waals surface area contributed by atoms with Gasteiger partial charge in [-0.1, -0.05) is 0 Å². The van der Waals surface area contributed by atoms with Gasteiger partial charge in [-0.15, -0.1) is 0 Å². The van der Waals surface area contributed by atoms with Crippen LogP contribution in [0.25, 0.3) is 0 Å². The Morgan fingerprint density at radius 3 is 2.23 bits per heavy atom. The van der Waals surface area contributed by atoms with Crippen LogP contribution in [-0.4, -0.2) is 41.7 Å². The number of benzene rings is 2. The van der Waals surface area contributed by atoms with Gasteiger partial charge in [0, 0.05) is 31.5 Å². The van der Waals surface area contributed by atoms with Crippen molar-refractivity contribution in [1.82, 2.24) is 4.72 Å². The Morgan fingerprint density at radius 1 is 1.00 bits per heavy atom. The van der Waals surface area contributed by atoms with Crippen LogP contribution in [0.15, 0.2) is 53.4 Å². The van der Waals surface area contributed by atoms with Gasteiger partial charge in [-0.05, 0) is 55.0 Å². The predicted molar refractivity (Wildman–Crippen MR) is 99.1 cm³/mol. The fourth-order valence-corrected chi connectivity index (χ4v) is 3.24. The normalized spacial score (nSPS) is 11.2. The Labute approximate surface area is 153 Å². The Kier molecular flexibility index (Phi) is 7.14. The lowest BCUT2D eigenvalue weighted by Crippen LogP contribution is -2.25. The zero-order valence-corrected chi connectivity index (χ0v) is 15.5. The first-order valence-electron chi connectivity index (χ1n) is 8.00. The minimum atomic E-state index is -3.60. The molecule has 2 rings (SSSR count). The van der Waals surface area contributed by atoms with Crippen molar-refractivity contribution in [2.75, 3.05) is 32.7 Å². The molecule has 8 heteroatoms. The smallest absolute Gasteiger partial charge is 0.255 e. The highest BCUT2D eigenvalue weighted by molar-refractivity contribution is 7.89. The van der Waals surface area contributed by atoms with Crippen molar-refractivity contribution in [3.63, 3.8) is 0 Å². The number of rotatable bonds is 9. The van der Waals surface area contributed by atoms with Crippen molar-refractivity contribution < 1.29 is 22.7 Å². The maximum Gasteiger partial charge on any atom is 0.255 e. The number of hydrogen-bond acceptors (Lipinski definition) is 5. The quantitative estimate of drug-likeness (QED) is 0.653. The summed E-state index contributed by atoms with van der Waals surface area (Å²) in [6, 6.07) is 12.7. The number of amides is 1. The van der Waals surface area contributed by atoms with Crippen LogP contribution in [0.4, 0.5) is 5.69 Å². The third-order valence-corrected chi connectivity index (χ3v) is 5.07. The van der Waals surface area contributed by atoms with Gasteiger partial charge in [0.15, 0.2) is 0 Å². The van der Waals surface area contributed by atoms with Crippen molar-refractivity contribution in [3.05, 3.63) is 54.1 Å². The summed E-state index contributed by atoms with van der Waals surface area (Å²) in [4.78, 5) is 12.4. The van der Waals surface area contributed by atoms with Gasteiger partial charge in [0.05, 0.1) is 12.0 Å². The number of nitrogens with one attached hydrogen (secondary N) is 2. The van der Waals surface area contributed by atoms with Crippen LogP contribution in [0, 0.1) is 0 Å². The number of carbonyl (C=O) groups excluding carboxylic acids is 1. The highest BCUT2D eigenvalue weighted by atomic mass is 32.2. The van der Waals surface area contributed by atoms with E-state index >= 15 is 0 Å². The van der Waals surface area contributed by atoms with Gasteiger partial charge in [-0.25, -0.2) is 13.1 Å². The molecule has 0 aliphatic carbocycles. The molecule has 0 fully saturated rings. The van der Waals surface area contributed by atoms with E-state index in [0.29, 0.717) is 30.0 Å². The standard InChI is InChI=1S/C18H22N2O5S/c1-24-13-3-12-19-26(22,23)17-10-4-14(5-11-17)18(21)20-15-6-8-16(25-2)9-7-15/h4-11,19H,3,12-13H2,1-2H3,(H,20,21). The maximum atomic E-state index is 12.3. The lowest BCUT2D eigenvalue weighted by molar-refractivity contribution is 0.102. The average molecular weight is 378 g/mol. The molecule has 0 aliphatic rings.